The van der Waals surface area contributed by atoms with Crippen LogP contribution in [0.2, 0.25) is 0 Å². The van der Waals surface area contributed by atoms with Gasteiger partial charge in [-0.15, -0.1) is 24.0 Å². The van der Waals surface area contributed by atoms with E-state index in [1.165, 1.54) is 17.5 Å². The fraction of sp³-hybridized carbons (Fsp3) is 0.533. The summed E-state index contributed by atoms with van der Waals surface area (Å²) < 4.78 is 0. The van der Waals surface area contributed by atoms with Crippen molar-refractivity contribution in [3.63, 3.8) is 0 Å². The second-order valence-corrected chi connectivity index (χ2v) is 5.30. The third-order valence-corrected chi connectivity index (χ3v) is 2.72. The largest absolute Gasteiger partial charge is 0.370 e. The number of benzene rings is 1. The van der Waals surface area contributed by atoms with Crippen LogP contribution < -0.4 is 11.1 Å². The van der Waals surface area contributed by atoms with Crippen molar-refractivity contribution in [3.8, 4) is 0 Å². The molecule has 0 unspecified atom stereocenters. The molecule has 3 N–H and O–H groups in total. The van der Waals surface area contributed by atoms with Crippen LogP contribution in [-0.2, 0) is 0 Å². The van der Waals surface area contributed by atoms with Crippen LogP contribution in [0, 0.1) is 19.8 Å². The topological polar surface area (TPSA) is 50.4 Å². The van der Waals surface area contributed by atoms with Crippen molar-refractivity contribution in [1.82, 2.24) is 0 Å². The minimum absolute atomic E-state index is 0. The van der Waals surface area contributed by atoms with E-state index in [0.717, 1.165) is 24.6 Å². The van der Waals surface area contributed by atoms with Gasteiger partial charge in [0, 0.05) is 12.2 Å². The van der Waals surface area contributed by atoms with Gasteiger partial charge in [0.2, 0.25) is 0 Å². The molecule has 0 spiro atoms. The molecule has 0 aliphatic heterocycles. The molecular formula is C15H26IN3. The summed E-state index contributed by atoms with van der Waals surface area (Å²) in [6.07, 6.45) is 2.28. The van der Waals surface area contributed by atoms with E-state index in [-0.39, 0.29) is 24.0 Å². The van der Waals surface area contributed by atoms with Gasteiger partial charge in [-0.1, -0.05) is 19.9 Å². The summed E-state index contributed by atoms with van der Waals surface area (Å²) in [4.78, 5) is 4.33. The fourth-order valence-electron chi connectivity index (χ4n) is 1.93. The van der Waals surface area contributed by atoms with Crippen molar-refractivity contribution in [2.45, 2.75) is 40.5 Å². The highest BCUT2D eigenvalue weighted by Gasteiger charge is 1.98. The summed E-state index contributed by atoms with van der Waals surface area (Å²) in [5.74, 6) is 1.23. The number of anilines is 1. The monoisotopic (exact) mass is 375 g/mol. The molecule has 3 nitrogen and oxygen atoms in total. The van der Waals surface area contributed by atoms with Crippen molar-refractivity contribution >= 4 is 35.6 Å². The van der Waals surface area contributed by atoms with Crippen LogP contribution in [0.25, 0.3) is 0 Å². The molecule has 0 aliphatic rings. The van der Waals surface area contributed by atoms with Crippen LogP contribution in [0.1, 0.15) is 37.8 Å². The Bertz CT molecular complexity index is 394. The van der Waals surface area contributed by atoms with Crippen LogP contribution in [-0.4, -0.2) is 12.5 Å². The van der Waals surface area contributed by atoms with Gasteiger partial charge in [0.1, 0.15) is 0 Å². The summed E-state index contributed by atoms with van der Waals surface area (Å²) in [5, 5.41) is 3.14. The molecule has 0 heterocycles. The van der Waals surface area contributed by atoms with Crippen LogP contribution in [0.3, 0.4) is 0 Å². The highest BCUT2D eigenvalue weighted by molar-refractivity contribution is 14.0. The van der Waals surface area contributed by atoms with Gasteiger partial charge in [-0.2, -0.15) is 0 Å². The lowest BCUT2D eigenvalue weighted by Crippen LogP contribution is -2.23. The average Bonchev–Trinajstić information content (AvgIpc) is 2.22. The predicted molar refractivity (Wildman–Crippen MR) is 95.5 cm³/mol. The number of rotatable bonds is 5. The third kappa shape index (κ3) is 8.08. The Labute approximate surface area is 134 Å². The molecule has 19 heavy (non-hydrogen) atoms. The minimum atomic E-state index is 0. The minimum Gasteiger partial charge on any atom is -0.370 e. The summed E-state index contributed by atoms with van der Waals surface area (Å²) >= 11 is 0. The molecule has 1 rings (SSSR count). The first kappa shape index (κ1) is 18.2. The number of halogens is 1. The molecule has 108 valence electrons. The Morgan fingerprint density at radius 3 is 2.32 bits per heavy atom. The standard InChI is InChI=1S/C15H25N3.HI/c1-11(2)6-5-7-17-15(16)18-14-9-12(3)8-13(4)10-14;/h8-11H,5-7H2,1-4H3,(H3,16,17,18);1H. The van der Waals surface area contributed by atoms with Crippen molar-refractivity contribution in [2.24, 2.45) is 16.6 Å². The quantitative estimate of drug-likeness (QED) is 0.353. The number of hydrogen-bond acceptors (Lipinski definition) is 1. The third-order valence-electron chi connectivity index (χ3n) is 2.72. The second kappa shape index (κ2) is 9.18. The molecule has 0 aromatic heterocycles. The second-order valence-electron chi connectivity index (χ2n) is 5.30. The van der Waals surface area contributed by atoms with Gasteiger partial charge in [0.25, 0.3) is 0 Å². The Morgan fingerprint density at radius 1 is 1.21 bits per heavy atom. The van der Waals surface area contributed by atoms with E-state index in [4.69, 9.17) is 5.73 Å². The molecule has 1 aromatic rings. The van der Waals surface area contributed by atoms with Gasteiger partial charge in [-0.25, -0.2) is 0 Å². The highest BCUT2D eigenvalue weighted by Crippen LogP contribution is 2.13. The van der Waals surface area contributed by atoms with E-state index in [2.05, 4.69) is 56.2 Å². The molecule has 0 radical (unpaired) electrons. The number of nitrogens with two attached hydrogens (primary N) is 1. The van der Waals surface area contributed by atoms with Crippen molar-refractivity contribution in [1.29, 1.82) is 0 Å². The molecule has 0 bridgehead atoms. The average molecular weight is 375 g/mol. The summed E-state index contributed by atoms with van der Waals surface area (Å²) in [7, 11) is 0. The zero-order valence-corrected chi connectivity index (χ0v) is 14.7. The fourth-order valence-corrected chi connectivity index (χ4v) is 1.93. The first-order chi connectivity index (χ1) is 8.47. The number of nitrogens with zero attached hydrogens (tertiary/aromatic N) is 1. The van der Waals surface area contributed by atoms with E-state index in [1.54, 1.807) is 0 Å². The van der Waals surface area contributed by atoms with Gasteiger partial charge in [0.15, 0.2) is 5.96 Å². The maximum Gasteiger partial charge on any atom is 0.193 e. The number of aliphatic imine (C=N–C) groups is 1. The Morgan fingerprint density at radius 2 is 1.79 bits per heavy atom. The van der Waals surface area contributed by atoms with Gasteiger partial charge in [-0.05, 0) is 55.9 Å². The number of nitrogens with one attached hydrogen (secondary N) is 1. The molecule has 1 aromatic carbocycles. The number of guanidine groups is 1. The maximum absolute atomic E-state index is 5.86. The molecule has 0 fully saturated rings. The van der Waals surface area contributed by atoms with Crippen LogP contribution in [0.4, 0.5) is 5.69 Å². The highest BCUT2D eigenvalue weighted by atomic mass is 127. The molecule has 4 heteroatoms. The van der Waals surface area contributed by atoms with Crippen molar-refractivity contribution < 1.29 is 0 Å². The lowest BCUT2D eigenvalue weighted by molar-refractivity contribution is 0.561. The van der Waals surface area contributed by atoms with E-state index < -0.39 is 0 Å². The lowest BCUT2D eigenvalue weighted by Gasteiger charge is -2.08. The lowest BCUT2D eigenvalue weighted by atomic mass is 10.1. The first-order valence-electron chi connectivity index (χ1n) is 6.62. The van der Waals surface area contributed by atoms with Gasteiger partial charge < -0.3 is 11.1 Å². The normalized spacial score (nSPS) is 11.3. The summed E-state index contributed by atoms with van der Waals surface area (Å²) in [6.45, 7) is 9.39. The van der Waals surface area contributed by atoms with Crippen LogP contribution in [0.5, 0.6) is 0 Å². The summed E-state index contributed by atoms with van der Waals surface area (Å²) in [5.41, 5.74) is 9.33. The Hall–Kier alpha value is -0.780. The number of aryl methyl sites for hydroxylation is 2. The van der Waals surface area contributed by atoms with Crippen molar-refractivity contribution in [2.75, 3.05) is 11.9 Å². The molecule has 0 atom stereocenters. The zero-order chi connectivity index (χ0) is 13.5. The van der Waals surface area contributed by atoms with Crippen molar-refractivity contribution in [3.05, 3.63) is 29.3 Å². The van der Waals surface area contributed by atoms with Gasteiger partial charge in [0.05, 0.1) is 0 Å². The maximum atomic E-state index is 5.86. The van der Waals surface area contributed by atoms with E-state index in [0.29, 0.717) is 5.96 Å². The predicted octanol–water partition coefficient (Wildman–Crippen LogP) is 4.08. The molecule has 0 aliphatic carbocycles. The molecule has 0 saturated carbocycles. The zero-order valence-electron chi connectivity index (χ0n) is 12.4. The van der Waals surface area contributed by atoms with Crippen LogP contribution in [0.15, 0.2) is 23.2 Å². The first-order valence-corrected chi connectivity index (χ1v) is 6.62. The molecular weight excluding hydrogens is 349 g/mol. The Balaban J connectivity index is 0.00000324. The summed E-state index contributed by atoms with van der Waals surface area (Å²) in [6, 6.07) is 6.29. The molecule has 0 saturated heterocycles. The van der Waals surface area contributed by atoms with E-state index in [9.17, 15) is 0 Å². The Kier molecular flexibility index (Phi) is 8.80. The smallest absolute Gasteiger partial charge is 0.193 e. The van der Waals surface area contributed by atoms with E-state index >= 15 is 0 Å². The SMILES string of the molecule is Cc1cc(C)cc(NC(N)=NCCCC(C)C)c1.I. The number of hydrogen-bond donors (Lipinski definition) is 2. The van der Waals surface area contributed by atoms with Gasteiger partial charge >= 0.3 is 0 Å². The van der Waals surface area contributed by atoms with Crippen LogP contribution >= 0.6 is 24.0 Å². The van der Waals surface area contributed by atoms with Gasteiger partial charge in [-0.3, -0.25) is 4.99 Å². The molecule has 0 amide bonds. The van der Waals surface area contributed by atoms with E-state index in [1.807, 2.05) is 0 Å².